The maximum atomic E-state index is 3.41. The maximum absolute atomic E-state index is 3.41. The van der Waals surface area contributed by atoms with Crippen LogP contribution in [0, 0.1) is 5.92 Å². The van der Waals surface area contributed by atoms with Crippen molar-refractivity contribution >= 4 is 0 Å². The van der Waals surface area contributed by atoms with E-state index < -0.39 is 0 Å². The van der Waals surface area contributed by atoms with Crippen LogP contribution in [0.15, 0.2) is 0 Å². The molecular weight excluding hydrogens is 148 g/mol. The van der Waals surface area contributed by atoms with Crippen LogP contribution >= 0.6 is 0 Å². The van der Waals surface area contributed by atoms with Crippen LogP contribution in [0.2, 0.25) is 0 Å². The fourth-order valence-electron chi connectivity index (χ4n) is 2.44. The van der Waals surface area contributed by atoms with E-state index in [0.717, 1.165) is 18.6 Å². The summed E-state index contributed by atoms with van der Waals surface area (Å²) < 4.78 is 0. The predicted molar refractivity (Wildman–Crippen MR) is 51.0 cm³/mol. The highest BCUT2D eigenvalue weighted by molar-refractivity contribution is 4.80. The first-order valence-corrected chi connectivity index (χ1v) is 5.31. The lowest BCUT2D eigenvalue weighted by molar-refractivity contribution is 0.168. The summed E-state index contributed by atoms with van der Waals surface area (Å²) in [6.07, 6.45) is 5.76. The number of hydrogen-bond donors (Lipinski definition) is 1. The lowest BCUT2D eigenvalue weighted by atomic mass is 9.87. The number of hydrogen-bond acceptors (Lipinski definition) is 2. The van der Waals surface area contributed by atoms with Crippen molar-refractivity contribution in [1.82, 2.24) is 10.2 Å². The van der Waals surface area contributed by atoms with Crippen molar-refractivity contribution in [2.75, 3.05) is 19.8 Å². The van der Waals surface area contributed by atoms with Gasteiger partial charge in [-0.15, -0.1) is 0 Å². The Labute approximate surface area is 75.3 Å². The second kappa shape index (κ2) is 3.75. The Morgan fingerprint density at radius 1 is 1.17 bits per heavy atom. The van der Waals surface area contributed by atoms with E-state index in [0.29, 0.717) is 0 Å². The van der Waals surface area contributed by atoms with Gasteiger partial charge in [0, 0.05) is 25.8 Å². The van der Waals surface area contributed by atoms with E-state index in [4.69, 9.17) is 0 Å². The van der Waals surface area contributed by atoms with E-state index in [-0.39, 0.29) is 0 Å². The molecule has 0 aromatic carbocycles. The largest absolute Gasteiger partial charge is 0.303 e. The van der Waals surface area contributed by atoms with Crippen molar-refractivity contribution in [2.45, 2.75) is 38.6 Å². The van der Waals surface area contributed by atoms with Crippen LogP contribution in [0.5, 0.6) is 0 Å². The number of nitrogens with one attached hydrogen (secondary N) is 1. The van der Waals surface area contributed by atoms with Gasteiger partial charge in [0.2, 0.25) is 0 Å². The molecule has 1 heterocycles. The van der Waals surface area contributed by atoms with Crippen molar-refractivity contribution < 1.29 is 0 Å². The molecule has 0 aromatic rings. The van der Waals surface area contributed by atoms with Gasteiger partial charge >= 0.3 is 0 Å². The van der Waals surface area contributed by atoms with E-state index >= 15 is 0 Å². The lowest BCUT2D eigenvalue weighted by Gasteiger charge is -2.32. The molecule has 1 N–H and O–H groups in total. The van der Waals surface area contributed by atoms with Crippen molar-refractivity contribution in [2.24, 2.45) is 5.92 Å². The minimum atomic E-state index is 0.899. The molecule has 0 atom stereocenters. The van der Waals surface area contributed by atoms with Crippen LogP contribution in [0.3, 0.4) is 0 Å². The summed E-state index contributed by atoms with van der Waals surface area (Å²) in [4.78, 5) is 2.62. The standard InChI is InChI=1S/C10H20N2/c1-9-2-4-10(5-3-9)12-7-6-11-8-12/h9-11H,2-8H2,1H3. The predicted octanol–water partition coefficient (Wildman–Crippen LogP) is 1.43. The molecule has 70 valence electrons. The van der Waals surface area contributed by atoms with E-state index in [9.17, 15) is 0 Å². The molecular formula is C10H20N2. The summed E-state index contributed by atoms with van der Waals surface area (Å²) in [5.74, 6) is 0.983. The molecule has 0 radical (unpaired) electrons. The Bertz CT molecular complexity index is 133. The highest BCUT2D eigenvalue weighted by Gasteiger charge is 2.25. The maximum Gasteiger partial charge on any atom is 0.0484 e. The summed E-state index contributed by atoms with van der Waals surface area (Å²) in [6.45, 7) is 6.00. The molecule has 0 spiro atoms. The Hall–Kier alpha value is -0.0800. The van der Waals surface area contributed by atoms with Crippen LogP contribution in [0.25, 0.3) is 0 Å². The van der Waals surface area contributed by atoms with Gasteiger partial charge in [0.15, 0.2) is 0 Å². The summed E-state index contributed by atoms with van der Waals surface area (Å²) in [7, 11) is 0. The van der Waals surface area contributed by atoms with Crippen LogP contribution in [-0.4, -0.2) is 30.7 Å². The zero-order chi connectivity index (χ0) is 8.39. The van der Waals surface area contributed by atoms with Gasteiger partial charge in [-0.25, -0.2) is 0 Å². The Morgan fingerprint density at radius 2 is 1.92 bits per heavy atom. The summed E-state index contributed by atoms with van der Waals surface area (Å²) in [5, 5.41) is 3.41. The smallest absolute Gasteiger partial charge is 0.0484 e. The van der Waals surface area contributed by atoms with Gasteiger partial charge in [-0.2, -0.15) is 0 Å². The van der Waals surface area contributed by atoms with E-state index in [1.54, 1.807) is 0 Å². The van der Waals surface area contributed by atoms with E-state index in [1.807, 2.05) is 0 Å². The first kappa shape index (κ1) is 8.52. The average Bonchev–Trinajstić information content (AvgIpc) is 2.58. The molecule has 1 aliphatic heterocycles. The van der Waals surface area contributed by atoms with E-state index in [2.05, 4.69) is 17.1 Å². The molecule has 0 bridgehead atoms. The molecule has 2 heteroatoms. The van der Waals surface area contributed by atoms with E-state index in [1.165, 1.54) is 38.8 Å². The van der Waals surface area contributed by atoms with Crippen molar-refractivity contribution in [3.05, 3.63) is 0 Å². The third-order valence-corrected chi connectivity index (χ3v) is 3.39. The fraction of sp³-hybridized carbons (Fsp3) is 1.00. The Balaban J connectivity index is 1.80. The zero-order valence-corrected chi connectivity index (χ0v) is 8.05. The topological polar surface area (TPSA) is 15.3 Å². The molecule has 0 aromatic heterocycles. The SMILES string of the molecule is CC1CCC(N2CCNC2)CC1. The third-order valence-electron chi connectivity index (χ3n) is 3.39. The molecule has 12 heavy (non-hydrogen) atoms. The van der Waals surface area contributed by atoms with Crippen LogP contribution in [-0.2, 0) is 0 Å². The van der Waals surface area contributed by atoms with Crippen LogP contribution < -0.4 is 5.32 Å². The highest BCUT2D eigenvalue weighted by atomic mass is 15.3. The monoisotopic (exact) mass is 168 g/mol. The second-order valence-electron chi connectivity index (χ2n) is 4.38. The first-order valence-electron chi connectivity index (χ1n) is 5.31. The normalized spacial score (nSPS) is 38.8. The molecule has 2 rings (SSSR count). The molecule has 1 aliphatic carbocycles. The van der Waals surface area contributed by atoms with Gasteiger partial charge in [0.1, 0.15) is 0 Å². The van der Waals surface area contributed by atoms with Gasteiger partial charge < -0.3 is 5.32 Å². The van der Waals surface area contributed by atoms with Gasteiger partial charge in [0.25, 0.3) is 0 Å². The molecule has 2 fully saturated rings. The van der Waals surface area contributed by atoms with Gasteiger partial charge in [0.05, 0.1) is 0 Å². The molecule has 0 unspecified atom stereocenters. The zero-order valence-electron chi connectivity index (χ0n) is 8.05. The minimum absolute atomic E-state index is 0.899. The van der Waals surface area contributed by atoms with Gasteiger partial charge in [-0.05, 0) is 31.6 Å². The average molecular weight is 168 g/mol. The van der Waals surface area contributed by atoms with Crippen molar-refractivity contribution in [1.29, 1.82) is 0 Å². The van der Waals surface area contributed by atoms with Crippen molar-refractivity contribution in [3.8, 4) is 0 Å². The minimum Gasteiger partial charge on any atom is -0.303 e. The molecule has 0 amide bonds. The molecule has 1 saturated heterocycles. The second-order valence-corrected chi connectivity index (χ2v) is 4.38. The van der Waals surface area contributed by atoms with Crippen LogP contribution in [0.4, 0.5) is 0 Å². The van der Waals surface area contributed by atoms with Gasteiger partial charge in [-0.1, -0.05) is 6.92 Å². The summed E-state index contributed by atoms with van der Waals surface area (Å²) in [6, 6.07) is 0.899. The number of rotatable bonds is 1. The van der Waals surface area contributed by atoms with Crippen LogP contribution in [0.1, 0.15) is 32.6 Å². The third kappa shape index (κ3) is 1.80. The quantitative estimate of drug-likeness (QED) is 0.637. The van der Waals surface area contributed by atoms with Gasteiger partial charge in [-0.3, -0.25) is 4.90 Å². The molecule has 2 aliphatic rings. The molecule has 2 nitrogen and oxygen atoms in total. The fourth-order valence-corrected chi connectivity index (χ4v) is 2.44. The lowest BCUT2D eigenvalue weighted by Crippen LogP contribution is -2.36. The Kier molecular flexibility index (Phi) is 2.66. The number of nitrogens with zero attached hydrogens (tertiary/aromatic N) is 1. The molecule has 1 saturated carbocycles. The van der Waals surface area contributed by atoms with Crippen molar-refractivity contribution in [3.63, 3.8) is 0 Å². The summed E-state index contributed by atoms with van der Waals surface area (Å²) in [5.41, 5.74) is 0. The Morgan fingerprint density at radius 3 is 2.50 bits per heavy atom. The first-order chi connectivity index (χ1) is 5.86. The highest BCUT2D eigenvalue weighted by Crippen LogP contribution is 2.27. The summed E-state index contributed by atoms with van der Waals surface area (Å²) >= 11 is 0.